The van der Waals surface area contributed by atoms with E-state index < -0.39 is 0 Å². The van der Waals surface area contributed by atoms with E-state index in [2.05, 4.69) is 15.3 Å². The fraction of sp³-hybridized carbons (Fsp3) is 0.273. The molecular weight excluding hydrogens is 371 g/mol. The van der Waals surface area contributed by atoms with Gasteiger partial charge in [0, 0.05) is 43.2 Å². The Bertz CT molecular complexity index is 977. The molecular formula is C22H23FN4O2. The minimum absolute atomic E-state index is 0.106. The fourth-order valence-electron chi connectivity index (χ4n) is 3.46. The molecule has 0 spiro atoms. The van der Waals surface area contributed by atoms with Crippen LogP contribution < -0.4 is 10.2 Å². The zero-order chi connectivity index (χ0) is 20.2. The van der Waals surface area contributed by atoms with Crippen molar-refractivity contribution in [2.24, 2.45) is 0 Å². The number of benzene rings is 2. The average Bonchev–Trinajstić information content (AvgIpc) is 3.29. The van der Waals surface area contributed by atoms with Crippen molar-refractivity contribution in [2.75, 3.05) is 25.2 Å². The van der Waals surface area contributed by atoms with Gasteiger partial charge >= 0.3 is 0 Å². The highest BCUT2D eigenvalue weighted by atomic mass is 19.1. The average molecular weight is 394 g/mol. The third kappa shape index (κ3) is 4.46. The number of nitrogens with one attached hydrogen (secondary N) is 1. The molecule has 0 saturated carbocycles. The first-order valence-corrected chi connectivity index (χ1v) is 9.54. The summed E-state index contributed by atoms with van der Waals surface area (Å²) in [6.45, 7) is 3.02. The van der Waals surface area contributed by atoms with Crippen LogP contribution in [0.4, 0.5) is 10.1 Å². The largest absolute Gasteiger partial charge is 0.383 e. The van der Waals surface area contributed by atoms with Crippen molar-refractivity contribution in [3.8, 4) is 0 Å². The standard InChI is InChI=1S/C22H23FN4O2/c1-29-10-9-24-22(28)17-3-2-4-20(11-17)26-13-18-14-27(25-21(18)15-26)12-16-5-7-19(23)8-6-16/h2-8,11,14H,9-10,12-13,15H2,1H3,(H,24,28). The summed E-state index contributed by atoms with van der Waals surface area (Å²) >= 11 is 0. The molecule has 0 fully saturated rings. The molecule has 0 saturated heterocycles. The van der Waals surface area contributed by atoms with Crippen LogP contribution in [0.1, 0.15) is 27.2 Å². The van der Waals surface area contributed by atoms with Crippen molar-refractivity contribution in [3.63, 3.8) is 0 Å². The topological polar surface area (TPSA) is 59.4 Å². The molecule has 0 bridgehead atoms. The van der Waals surface area contributed by atoms with Gasteiger partial charge in [0.15, 0.2) is 0 Å². The molecule has 1 aromatic heterocycles. The maximum Gasteiger partial charge on any atom is 0.251 e. The molecule has 7 heteroatoms. The zero-order valence-electron chi connectivity index (χ0n) is 16.3. The van der Waals surface area contributed by atoms with Crippen molar-refractivity contribution < 1.29 is 13.9 Å². The number of amides is 1. The Balaban J connectivity index is 1.41. The Morgan fingerprint density at radius 2 is 2.03 bits per heavy atom. The van der Waals surface area contributed by atoms with Crippen molar-refractivity contribution in [2.45, 2.75) is 19.6 Å². The fourth-order valence-corrected chi connectivity index (χ4v) is 3.46. The zero-order valence-corrected chi connectivity index (χ0v) is 16.3. The molecule has 6 nitrogen and oxygen atoms in total. The highest BCUT2D eigenvalue weighted by Crippen LogP contribution is 2.28. The summed E-state index contributed by atoms with van der Waals surface area (Å²) in [6.07, 6.45) is 2.04. The molecule has 2 aromatic carbocycles. The number of ether oxygens (including phenoxy) is 1. The summed E-state index contributed by atoms with van der Waals surface area (Å²) in [7, 11) is 1.61. The van der Waals surface area contributed by atoms with Crippen molar-refractivity contribution >= 4 is 11.6 Å². The summed E-state index contributed by atoms with van der Waals surface area (Å²) in [5.41, 5.74) is 4.83. The number of carbonyl (C=O) groups is 1. The molecule has 1 N–H and O–H groups in total. The summed E-state index contributed by atoms with van der Waals surface area (Å²) < 4.78 is 19.9. The quantitative estimate of drug-likeness (QED) is 0.626. The van der Waals surface area contributed by atoms with E-state index in [0.29, 0.717) is 31.8 Å². The normalized spacial score (nSPS) is 12.8. The molecule has 150 valence electrons. The summed E-state index contributed by atoms with van der Waals surface area (Å²) in [6, 6.07) is 14.1. The number of aromatic nitrogens is 2. The first-order valence-electron chi connectivity index (χ1n) is 9.54. The second-order valence-electron chi connectivity index (χ2n) is 7.08. The summed E-state index contributed by atoms with van der Waals surface area (Å²) in [5.74, 6) is -0.340. The van der Waals surface area contributed by atoms with Crippen molar-refractivity contribution in [1.29, 1.82) is 0 Å². The molecule has 3 aromatic rings. The van der Waals surface area contributed by atoms with Gasteiger partial charge in [-0.05, 0) is 35.9 Å². The van der Waals surface area contributed by atoms with Crippen LogP contribution in [0.15, 0.2) is 54.7 Å². The molecule has 1 aliphatic heterocycles. The van der Waals surface area contributed by atoms with Gasteiger partial charge in [0.25, 0.3) is 5.91 Å². The van der Waals surface area contributed by atoms with Crippen LogP contribution in [-0.4, -0.2) is 35.9 Å². The van der Waals surface area contributed by atoms with Crippen LogP contribution in [0.3, 0.4) is 0 Å². The van der Waals surface area contributed by atoms with E-state index in [9.17, 15) is 9.18 Å². The van der Waals surface area contributed by atoms with Crippen LogP contribution in [0.5, 0.6) is 0 Å². The van der Waals surface area contributed by atoms with Crippen molar-refractivity contribution in [3.05, 3.63) is 82.9 Å². The lowest BCUT2D eigenvalue weighted by Gasteiger charge is -2.19. The Morgan fingerprint density at radius 3 is 2.79 bits per heavy atom. The van der Waals surface area contributed by atoms with Crippen LogP contribution in [0.25, 0.3) is 0 Å². The Labute approximate surface area is 168 Å². The first kappa shape index (κ1) is 19.1. The van der Waals surface area contributed by atoms with Crippen LogP contribution in [0.2, 0.25) is 0 Å². The maximum absolute atomic E-state index is 13.1. The van der Waals surface area contributed by atoms with Gasteiger partial charge in [-0.2, -0.15) is 5.10 Å². The second-order valence-corrected chi connectivity index (χ2v) is 7.08. The Morgan fingerprint density at radius 1 is 1.21 bits per heavy atom. The van der Waals surface area contributed by atoms with E-state index in [1.54, 1.807) is 19.2 Å². The first-order chi connectivity index (χ1) is 14.1. The predicted octanol–water partition coefficient (Wildman–Crippen LogP) is 2.97. The highest BCUT2D eigenvalue weighted by Gasteiger charge is 2.23. The van der Waals surface area contributed by atoms with Gasteiger partial charge in [0.05, 0.1) is 25.4 Å². The minimum Gasteiger partial charge on any atom is -0.383 e. The number of fused-ring (bicyclic) bond motifs is 1. The minimum atomic E-state index is -0.234. The lowest BCUT2D eigenvalue weighted by molar-refractivity contribution is 0.0937. The predicted molar refractivity (Wildman–Crippen MR) is 108 cm³/mol. The van der Waals surface area contributed by atoms with Gasteiger partial charge in [0.1, 0.15) is 5.82 Å². The van der Waals surface area contributed by atoms with E-state index in [-0.39, 0.29) is 11.7 Å². The van der Waals surface area contributed by atoms with E-state index in [4.69, 9.17) is 4.74 Å². The Kier molecular flexibility index (Phi) is 5.57. The van der Waals surface area contributed by atoms with Gasteiger partial charge in [-0.15, -0.1) is 0 Å². The number of rotatable bonds is 7. The smallest absolute Gasteiger partial charge is 0.251 e. The lowest BCUT2D eigenvalue weighted by atomic mass is 10.1. The molecule has 29 heavy (non-hydrogen) atoms. The number of anilines is 1. The lowest BCUT2D eigenvalue weighted by Crippen LogP contribution is -2.27. The van der Waals surface area contributed by atoms with Gasteiger partial charge in [-0.3, -0.25) is 9.48 Å². The maximum atomic E-state index is 13.1. The van der Waals surface area contributed by atoms with Gasteiger partial charge in [-0.25, -0.2) is 4.39 Å². The number of hydrogen-bond donors (Lipinski definition) is 1. The molecule has 0 atom stereocenters. The molecule has 0 radical (unpaired) electrons. The number of halogens is 1. The molecule has 2 heterocycles. The van der Waals surface area contributed by atoms with E-state index >= 15 is 0 Å². The third-order valence-electron chi connectivity index (χ3n) is 4.95. The Hall–Kier alpha value is -3.19. The molecule has 0 aliphatic carbocycles. The monoisotopic (exact) mass is 394 g/mol. The highest BCUT2D eigenvalue weighted by molar-refractivity contribution is 5.95. The van der Waals surface area contributed by atoms with Crippen LogP contribution in [-0.2, 0) is 24.4 Å². The number of carbonyl (C=O) groups excluding carboxylic acids is 1. The molecule has 0 unspecified atom stereocenters. The van der Waals surface area contributed by atoms with Crippen LogP contribution in [0, 0.1) is 5.82 Å². The van der Waals surface area contributed by atoms with Crippen LogP contribution >= 0.6 is 0 Å². The van der Waals surface area contributed by atoms with E-state index in [1.807, 2.05) is 35.1 Å². The second kappa shape index (κ2) is 8.45. The summed E-state index contributed by atoms with van der Waals surface area (Å²) in [5, 5.41) is 7.52. The van der Waals surface area contributed by atoms with Gasteiger partial charge in [-0.1, -0.05) is 18.2 Å². The molecule has 1 aliphatic rings. The SMILES string of the molecule is COCCNC(=O)c1cccc(N2Cc3cn(Cc4ccc(F)cc4)nc3C2)c1. The number of hydrogen-bond acceptors (Lipinski definition) is 4. The number of methoxy groups -OCH3 is 1. The van der Waals surface area contributed by atoms with Gasteiger partial charge < -0.3 is 15.0 Å². The van der Waals surface area contributed by atoms with E-state index in [0.717, 1.165) is 23.5 Å². The van der Waals surface area contributed by atoms with Gasteiger partial charge in [0.2, 0.25) is 0 Å². The number of nitrogens with zero attached hydrogens (tertiary/aromatic N) is 3. The van der Waals surface area contributed by atoms with E-state index in [1.165, 1.54) is 17.7 Å². The van der Waals surface area contributed by atoms with Crippen molar-refractivity contribution in [1.82, 2.24) is 15.1 Å². The third-order valence-corrected chi connectivity index (χ3v) is 4.95. The summed E-state index contributed by atoms with van der Waals surface area (Å²) in [4.78, 5) is 14.5. The molecule has 1 amide bonds. The molecule has 4 rings (SSSR count).